The lowest BCUT2D eigenvalue weighted by Crippen LogP contribution is -2.20. The van der Waals surface area contributed by atoms with E-state index in [2.05, 4.69) is 4.74 Å². The van der Waals surface area contributed by atoms with Crippen molar-refractivity contribution in [2.75, 3.05) is 7.11 Å². The van der Waals surface area contributed by atoms with Gasteiger partial charge < -0.3 is 9.30 Å². The maximum atomic E-state index is 12.4. The van der Waals surface area contributed by atoms with Crippen LogP contribution in [0.4, 0.5) is 13.2 Å². The zero-order valence-electron chi connectivity index (χ0n) is 7.55. The number of rotatable bonds is 1. The molecule has 0 spiro atoms. The van der Waals surface area contributed by atoms with Crippen molar-refractivity contribution in [2.45, 2.75) is 6.18 Å². The Morgan fingerprint density at radius 1 is 1.43 bits per heavy atom. The molecule has 78 valence electrons. The summed E-state index contributed by atoms with van der Waals surface area (Å²) in [5.41, 5.74) is -1.86. The van der Waals surface area contributed by atoms with Crippen LogP contribution in [0.5, 0.6) is 5.75 Å². The van der Waals surface area contributed by atoms with Crippen molar-refractivity contribution in [1.29, 1.82) is 0 Å². The third-order valence-corrected chi connectivity index (χ3v) is 1.71. The summed E-state index contributed by atoms with van der Waals surface area (Å²) in [7, 11) is 2.23. The average Bonchev–Trinajstić information content (AvgIpc) is 2.06. The molecule has 0 bridgehead atoms. The van der Waals surface area contributed by atoms with E-state index in [9.17, 15) is 18.0 Å². The topological polar surface area (TPSA) is 31.2 Å². The van der Waals surface area contributed by atoms with Gasteiger partial charge in [0.05, 0.1) is 7.11 Å². The molecule has 0 aliphatic carbocycles. The van der Waals surface area contributed by atoms with Crippen LogP contribution < -0.4 is 10.2 Å². The molecule has 1 rings (SSSR count). The molecule has 0 saturated carbocycles. The molecular weight excluding hydrogens is 199 g/mol. The summed E-state index contributed by atoms with van der Waals surface area (Å²) < 4.78 is 42.5. The van der Waals surface area contributed by atoms with E-state index in [0.717, 1.165) is 23.9 Å². The van der Waals surface area contributed by atoms with Crippen LogP contribution in [0.1, 0.15) is 5.69 Å². The molecule has 0 aromatic carbocycles. The largest absolute Gasteiger partial charge is 0.491 e. The summed E-state index contributed by atoms with van der Waals surface area (Å²) >= 11 is 0. The molecular formula is C8H8F3NO2. The Labute approximate surface area is 77.7 Å². The van der Waals surface area contributed by atoms with Crippen molar-refractivity contribution in [3.05, 3.63) is 28.2 Å². The zero-order chi connectivity index (χ0) is 10.9. The molecule has 0 amide bonds. The lowest BCUT2D eigenvalue weighted by Gasteiger charge is -2.14. The van der Waals surface area contributed by atoms with Crippen LogP contribution in [-0.2, 0) is 13.2 Å². The lowest BCUT2D eigenvalue weighted by atomic mass is 10.3. The molecule has 0 fully saturated rings. The van der Waals surface area contributed by atoms with Crippen molar-refractivity contribution in [1.82, 2.24) is 4.57 Å². The maximum Gasteiger partial charge on any atom is 0.435 e. The Hall–Kier alpha value is -1.46. The van der Waals surface area contributed by atoms with Gasteiger partial charge in [0, 0.05) is 19.3 Å². The Morgan fingerprint density at radius 2 is 2.00 bits per heavy atom. The first-order valence-corrected chi connectivity index (χ1v) is 3.68. The highest BCUT2D eigenvalue weighted by Gasteiger charge is 2.37. The molecule has 0 aliphatic heterocycles. The van der Waals surface area contributed by atoms with E-state index in [-0.39, 0.29) is 0 Å². The first kappa shape index (κ1) is 10.6. The van der Waals surface area contributed by atoms with Gasteiger partial charge in [-0.2, -0.15) is 13.2 Å². The number of nitrogens with zero attached hydrogens (tertiary/aromatic N) is 1. The van der Waals surface area contributed by atoms with Gasteiger partial charge >= 0.3 is 6.18 Å². The van der Waals surface area contributed by atoms with Gasteiger partial charge in [0.1, 0.15) is 0 Å². The molecule has 0 N–H and O–H groups in total. The number of alkyl halides is 3. The number of hydrogen-bond donors (Lipinski definition) is 0. The average molecular weight is 207 g/mol. The summed E-state index contributed by atoms with van der Waals surface area (Å²) in [4.78, 5) is 11.0. The lowest BCUT2D eigenvalue weighted by molar-refractivity contribution is -0.144. The van der Waals surface area contributed by atoms with E-state index in [4.69, 9.17) is 0 Å². The highest BCUT2D eigenvalue weighted by atomic mass is 19.4. The standard InChI is InChI=1S/C8H8F3NO2/c1-12-4-3-5(13)6(14-2)7(12)8(9,10)11/h3-4H,1-2H3. The van der Waals surface area contributed by atoms with Gasteiger partial charge in [0.2, 0.25) is 5.43 Å². The maximum absolute atomic E-state index is 12.4. The molecule has 3 nitrogen and oxygen atoms in total. The molecule has 0 saturated heterocycles. The van der Waals surface area contributed by atoms with Crippen molar-refractivity contribution < 1.29 is 17.9 Å². The van der Waals surface area contributed by atoms with Crippen LogP contribution in [0.15, 0.2) is 17.1 Å². The fraction of sp³-hybridized carbons (Fsp3) is 0.375. The molecule has 1 heterocycles. The van der Waals surface area contributed by atoms with Gasteiger partial charge in [0.15, 0.2) is 11.4 Å². The number of hydrogen-bond acceptors (Lipinski definition) is 2. The number of aryl methyl sites for hydroxylation is 1. The molecule has 0 atom stereocenters. The first-order valence-electron chi connectivity index (χ1n) is 3.68. The van der Waals surface area contributed by atoms with E-state index in [1.54, 1.807) is 0 Å². The second-order valence-electron chi connectivity index (χ2n) is 2.67. The fourth-order valence-corrected chi connectivity index (χ4v) is 1.13. The van der Waals surface area contributed by atoms with Crippen molar-refractivity contribution in [3.8, 4) is 5.75 Å². The van der Waals surface area contributed by atoms with Gasteiger partial charge in [-0.1, -0.05) is 0 Å². The van der Waals surface area contributed by atoms with Crippen LogP contribution in [0.3, 0.4) is 0 Å². The molecule has 6 heteroatoms. The predicted molar refractivity (Wildman–Crippen MR) is 43.2 cm³/mol. The number of halogens is 3. The van der Waals surface area contributed by atoms with E-state index in [1.165, 1.54) is 7.05 Å². The minimum Gasteiger partial charge on any atom is -0.491 e. The van der Waals surface area contributed by atoms with Crippen LogP contribution in [0, 0.1) is 0 Å². The molecule has 0 aliphatic rings. The molecule has 1 aromatic rings. The normalized spacial score (nSPS) is 11.5. The van der Waals surface area contributed by atoms with Crippen LogP contribution >= 0.6 is 0 Å². The Morgan fingerprint density at radius 3 is 2.36 bits per heavy atom. The van der Waals surface area contributed by atoms with E-state index < -0.39 is 23.0 Å². The van der Waals surface area contributed by atoms with Crippen molar-refractivity contribution in [2.24, 2.45) is 7.05 Å². The van der Waals surface area contributed by atoms with E-state index in [0.29, 0.717) is 0 Å². The van der Waals surface area contributed by atoms with Crippen LogP contribution in [0.25, 0.3) is 0 Å². The van der Waals surface area contributed by atoms with Gasteiger partial charge in [-0.3, -0.25) is 4.79 Å². The zero-order valence-corrected chi connectivity index (χ0v) is 7.55. The van der Waals surface area contributed by atoms with Gasteiger partial charge in [0.25, 0.3) is 0 Å². The number of ether oxygens (including phenoxy) is 1. The number of aromatic nitrogens is 1. The minimum absolute atomic E-state index is 0.678. The van der Waals surface area contributed by atoms with E-state index in [1.807, 2.05) is 0 Å². The Balaban J connectivity index is 3.54. The first-order chi connectivity index (χ1) is 6.38. The highest BCUT2D eigenvalue weighted by molar-refractivity contribution is 5.30. The summed E-state index contributed by atoms with van der Waals surface area (Å²) in [5.74, 6) is -0.678. The van der Waals surface area contributed by atoms with Gasteiger partial charge in [-0.05, 0) is 0 Å². The SMILES string of the molecule is COc1c(C(F)(F)F)n(C)ccc1=O. The number of methoxy groups -OCH3 is 1. The summed E-state index contributed by atoms with van der Waals surface area (Å²) in [6.45, 7) is 0. The third kappa shape index (κ3) is 1.73. The predicted octanol–water partition coefficient (Wildman–Crippen LogP) is 1.41. The van der Waals surface area contributed by atoms with Gasteiger partial charge in [-0.15, -0.1) is 0 Å². The quantitative estimate of drug-likeness (QED) is 0.697. The second kappa shape index (κ2) is 3.36. The Kier molecular flexibility index (Phi) is 2.55. The minimum atomic E-state index is -4.60. The summed E-state index contributed by atoms with van der Waals surface area (Å²) in [5, 5.41) is 0. The van der Waals surface area contributed by atoms with E-state index >= 15 is 0 Å². The van der Waals surface area contributed by atoms with Crippen LogP contribution in [0.2, 0.25) is 0 Å². The molecule has 0 radical (unpaired) electrons. The molecule has 0 unspecified atom stereocenters. The van der Waals surface area contributed by atoms with Crippen molar-refractivity contribution in [3.63, 3.8) is 0 Å². The molecule has 14 heavy (non-hydrogen) atoms. The highest BCUT2D eigenvalue weighted by Crippen LogP contribution is 2.33. The Bertz CT molecular complexity index is 395. The van der Waals surface area contributed by atoms with Crippen LogP contribution in [-0.4, -0.2) is 11.7 Å². The van der Waals surface area contributed by atoms with Crippen molar-refractivity contribution >= 4 is 0 Å². The third-order valence-electron chi connectivity index (χ3n) is 1.71. The van der Waals surface area contributed by atoms with Gasteiger partial charge in [-0.25, -0.2) is 0 Å². The monoisotopic (exact) mass is 207 g/mol. The summed E-state index contributed by atoms with van der Waals surface area (Å²) in [6.07, 6.45) is -3.55. The second-order valence-corrected chi connectivity index (χ2v) is 2.67. The number of pyridine rings is 1. The summed E-state index contributed by atoms with van der Waals surface area (Å²) in [6, 6.07) is 1.02. The molecule has 1 aromatic heterocycles. The smallest absolute Gasteiger partial charge is 0.435 e. The fourth-order valence-electron chi connectivity index (χ4n) is 1.13.